The van der Waals surface area contributed by atoms with E-state index in [9.17, 15) is 4.79 Å². The van der Waals surface area contributed by atoms with Gasteiger partial charge >= 0.3 is 0 Å². The maximum Gasteiger partial charge on any atom is 0.142 e. The molecule has 0 N–H and O–H groups in total. The molecule has 1 aliphatic heterocycles. The van der Waals surface area contributed by atoms with Crippen LogP contribution in [0.3, 0.4) is 0 Å². The van der Waals surface area contributed by atoms with Gasteiger partial charge in [-0.25, -0.2) is 0 Å². The zero-order valence-electron chi connectivity index (χ0n) is 10.3. The van der Waals surface area contributed by atoms with Crippen LogP contribution in [0.15, 0.2) is 42.5 Å². The van der Waals surface area contributed by atoms with Crippen molar-refractivity contribution < 1.29 is 9.53 Å². The smallest absolute Gasteiger partial charge is 0.142 e. The van der Waals surface area contributed by atoms with Crippen LogP contribution in [0.2, 0.25) is 0 Å². The monoisotopic (exact) mass is 230 g/mol. The zero-order valence-corrected chi connectivity index (χ0v) is 10.3. The highest BCUT2D eigenvalue weighted by Gasteiger charge is 2.39. The number of hydrogen-bond acceptors (Lipinski definition) is 2. The Morgan fingerprint density at radius 2 is 2.00 bits per heavy atom. The summed E-state index contributed by atoms with van der Waals surface area (Å²) >= 11 is 0. The van der Waals surface area contributed by atoms with Crippen LogP contribution in [0.1, 0.15) is 31.9 Å². The SMILES string of the molecule is CC1(C)C[C@H](/C=C/C=O)[C@@H](c2ccccc2)O1. The largest absolute Gasteiger partial charge is 0.367 e. The second-order valence-corrected chi connectivity index (χ2v) is 5.10. The Kier molecular flexibility index (Phi) is 3.43. The van der Waals surface area contributed by atoms with Crippen molar-refractivity contribution in [3.63, 3.8) is 0 Å². The number of allylic oxidation sites excluding steroid dienone is 1. The van der Waals surface area contributed by atoms with Gasteiger partial charge < -0.3 is 4.74 Å². The van der Waals surface area contributed by atoms with E-state index in [4.69, 9.17) is 4.74 Å². The average molecular weight is 230 g/mol. The Morgan fingerprint density at radius 1 is 1.29 bits per heavy atom. The van der Waals surface area contributed by atoms with Gasteiger partial charge in [-0.05, 0) is 31.9 Å². The van der Waals surface area contributed by atoms with Crippen LogP contribution in [-0.4, -0.2) is 11.9 Å². The fraction of sp³-hybridized carbons (Fsp3) is 0.400. The van der Waals surface area contributed by atoms with E-state index in [2.05, 4.69) is 26.0 Å². The molecule has 2 nitrogen and oxygen atoms in total. The number of carbonyl (C=O) groups excluding carboxylic acids is 1. The lowest BCUT2D eigenvalue weighted by molar-refractivity contribution is -0.104. The molecule has 0 aromatic heterocycles. The van der Waals surface area contributed by atoms with Crippen LogP contribution in [-0.2, 0) is 9.53 Å². The first kappa shape index (κ1) is 12.1. The van der Waals surface area contributed by atoms with Gasteiger partial charge in [-0.15, -0.1) is 0 Å². The summed E-state index contributed by atoms with van der Waals surface area (Å²) in [6.45, 7) is 4.19. The lowest BCUT2D eigenvalue weighted by Gasteiger charge is -2.19. The molecule has 2 rings (SSSR count). The molecule has 0 spiro atoms. The normalized spacial score (nSPS) is 27.4. The van der Waals surface area contributed by atoms with Crippen molar-refractivity contribution in [2.45, 2.75) is 32.0 Å². The summed E-state index contributed by atoms with van der Waals surface area (Å²) in [5, 5.41) is 0. The minimum atomic E-state index is -0.127. The maximum absolute atomic E-state index is 10.4. The summed E-state index contributed by atoms with van der Waals surface area (Å²) in [4.78, 5) is 10.4. The van der Waals surface area contributed by atoms with Gasteiger partial charge in [-0.3, -0.25) is 4.79 Å². The average Bonchev–Trinajstić information content (AvgIpc) is 2.63. The summed E-state index contributed by atoms with van der Waals surface area (Å²) in [6, 6.07) is 10.2. The van der Waals surface area contributed by atoms with E-state index in [0.717, 1.165) is 12.7 Å². The Labute approximate surface area is 102 Å². The third-order valence-electron chi connectivity index (χ3n) is 3.13. The third-order valence-corrected chi connectivity index (χ3v) is 3.13. The molecule has 2 atom stereocenters. The van der Waals surface area contributed by atoms with E-state index in [-0.39, 0.29) is 17.6 Å². The Balaban J connectivity index is 2.24. The standard InChI is InChI=1S/C15H18O2/c1-15(2)11-13(9-6-10-16)14(17-15)12-7-4-3-5-8-12/h3-10,13-14H,11H2,1-2H3/b9-6+/t13-,14+/m0/s1. The van der Waals surface area contributed by atoms with E-state index in [1.165, 1.54) is 5.56 Å². The van der Waals surface area contributed by atoms with Crippen LogP contribution < -0.4 is 0 Å². The van der Waals surface area contributed by atoms with E-state index in [1.54, 1.807) is 6.08 Å². The molecule has 0 bridgehead atoms. The minimum Gasteiger partial charge on any atom is -0.367 e. The molecule has 0 radical (unpaired) electrons. The summed E-state index contributed by atoms with van der Waals surface area (Å²) in [7, 11) is 0. The Morgan fingerprint density at radius 3 is 2.65 bits per heavy atom. The van der Waals surface area contributed by atoms with Crippen LogP contribution in [0.4, 0.5) is 0 Å². The Hall–Kier alpha value is -1.41. The molecule has 2 heteroatoms. The molecular weight excluding hydrogens is 212 g/mol. The number of benzene rings is 1. The molecule has 1 fully saturated rings. The minimum absolute atomic E-state index is 0.0578. The lowest BCUT2D eigenvalue weighted by atomic mass is 9.90. The number of aldehydes is 1. The van der Waals surface area contributed by atoms with Crippen LogP contribution in [0.25, 0.3) is 0 Å². The number of ether oxygens (including phenoxy) is 1. The van der Waals surface area contributed by atoms with Gasteiger partial charge in [0.2, 0.25) is 0 Å². The van der Waals surface area contributed by atoms with Crippen molar-refractivity contribution in [1.82, 2.24) is 0 Å². The molecule has 90 valence electrons. The first-order chi connectivity index (χ1) is 8.12. The van der Waals surface area contributed by atoms with Crippen LogP contribution >= 0.6 is 0 Å². The van der Waals surface area contributed by atoms with Gasteiger partial charge in [-0.1, -0.05) is 36.4 Å². The molecule has 0 aliphatic carbocycles. The van der Waals surface area contributed by atoms with Crippen molar-refractivity contribution in [1.29, 1.82) is 0 Å². The van der Waals surface area contributed by atoms with E-state index in [0.29, 0.717) is 0 Å². The van der Waals surface area contributed by atoms with Crippen molar-refractivity contribution in [3.05, 3.63) is 48.0 Å². The highest BCUT2D eigenvalue weighted by molar-refractivity contribution is 5.64. The van der Waals surface area contributed by atoms with Gasteiger partial charge in [0.05, 0.1) is 11.7 Å². The first-order valence-electron chi connectivity index (χ1n) is 5.97. The summed E-state index contributed by atoms with van der Waals surface area (Å²) < 4.78 is 6.08. The zero-order chi connectivity index (χ0) is 12.3. The van der Waals surface area contributed by atoms with E-state index in [1.807, 2.05) is 24.3 Å². The summed E-state index contributed by atoms with van der Waals surface area (Å²) in [5.74, 6) is 0.276. The molecule has 1 aliphatic rings. The topological polar surface area (TPSA) is 26.3 Å². The number of rotatable bonds is 3. The summed E-state index contributed by atoms with van der Waals surface area (Å²) in [6.07, 6.45) is 5.36. The summed E-state index contributed by atoms with van der Waals surface area (Å²) in [5.41, 5.74) is 1.05. The first-order valence-corrected chi connectivity index (χ1v) is 5.97. The molecular formula is C15H18O2. The van der Waals surface area contributed by atoms with Gasteiger partial charge in [0, 0.05) is 5.92 Å². The van der Waals surface area contributed by atoms with Crippen molar-refractivity contribution in [2.24, 2.45) is 5.92 Å². The van der Waals surface area contributed by atoms with Crippen LogP contribution in [0.5, 0.6) is 0 Å². The second kappa shape index (κ2) is 4.84. The predicted molar refractivity (Wildman–Crippen MR) is 67.7 cm³/mol. The second-order valence-electron chi connectivity index (χ2n) is 5.10. The highest BCUT2D eigenvalue weighted by Crippen LogP contribution is 2.44. The molecule has 17 heavy (non-hydrogen) atoms. The van der Waals surface area contributed by atoms with Crippen molar-refractivity contribution >= 4 is 6.29 Å². The van der Waals surface area contributed by atoms with E-state index < -0.39 is 0 Å². The van der Waals surface area contributed by atoms with Crippen LogP contribution in [0, 0.1) is 5.92 Å². The van der Waals surface area contributed by atoms with E-state index >= 15 is 0 Å². The van der Waals surface area contributed by atoms with Gasteiger partial charge in [0.1, 0.15) is 6.29 Å². The fourth-order valence-electron chi connectivity index (χ4n) is 2.47. The van der Waals surface area contributed by atoms with Gasteiger partial charge in [0.15, 0.2) is 0 Å². The van der Waals surface area contributed by atoms with Crippen molar-refractivity contribution in [2.75, 3.05) is 0 Å². The third kappa shape index (κ3) is 2.83. The Bertz CT molecular complexity index is 406. The predicted octanol–water partition coefficient (Wildman–Crippen LogP) is 3.30. The van der Waals surface area contributed by atoms with Gasteiger partial charge in [-0.2, -0.15) is 0 Å². The lowest BCUT2D eigenvalue weighted by Crippen LogP contribution is -2.17. The maximum atomic E-state index is 10.4. The molecule has 0 saturated carbocycles. The quantitative estimate of drug-likeness (QED) is 0.588. The van der Waals surface area contributed by atoms with Crippen molar-refractivity contribution in [3.8, 4) is 0 Å². The molecule has 1 heterocycles. The number of hydrogen-bond donors (Lipinski definition) is 0. The molecule has 0 unspecified atom stereocenters. The highest BCUT2D eigenvalue weighted by atomic mass is 16.5. The number of carbonyl (C=O) groups is 1. The van der Waals surface area contributed by atoms with Gasteiger partial charge in [0.25, 0.3) is 0 Å². The molecule has 0 amide bonds. The molecule has 1 aromatic carbocycles. The fourth-order valence-corrected chi connectivity index (χ4v) is 2.47. The molecule has 1 saturated heterocycles. The molecule has 1 aromatic rings.